The number of carbonyl (C=O) groups excluding carboxylic acids is 1. The van der Waals surface area contributed by atoms with Crippen molar-refractivity contribution in [3.05, 3.63) is 47.5 Å². The minimum absolute atomic E-state index is 0.0708. The van der Waals surface area contributed by atoms with Gasteiger partial charge in [0.15, 0.2) is 0 Å². The highest BCUT2D eigenvalue weighted by molar-refractivity contribution is 8.02. The lowest BCUT2D eigenvalue weighted by Crippen LogP contribution is -2.40. The van der Waals surface area contributed by atoms with Crippen LogP contribution in [0.4, 0.5) is 4.79 Å². The van der Waals surface area contributed by atoms with E-state index in [0.29, 0.717) is 13.1 Å². The number of carbonyl (C=O) groups is 1. The molecule has 1 atom stereocenters. The van der Waals surface area contributed by atoms with E-state index in [2.05, 4.69) is 5.32 Å². The van der Waals surface area contributed by atoms with Gasteiger partial charge < -0.3 is 11.1 Å². The summed E-state index contributed by atoms with van der Waals surface area (Å²) < 4.78 is 0. The van der Waals surface area contributed by atoms with E-state index in [1.54, 1.807) is 16.7 Å². The van der Waals surface area contributed by atoms with Gasteiger partial charge in [-0.2, -0.15) is 0 Å². The predicted octanol–water partition coefficient (Wildman–Crippen LogP) is 2.09. The van der Waals surface area contributed by atoms with E-state index in [1.807, 2.05) is 41.9 Å². The van der Waals surface area contributed by atoms with Gasteiger partial charge in [-0.05, 0) is 23.9 Å². The van der Waals surface area contributed by atoms with Gasteiger partial charge in [-0.25, -0.2) is 4.79 Å². The highest BCUT2D eigenvalue weighted by Crippen LogP contribution is 2.27. The molecule has 2 amide bonds. The Morgan fingerprint density at radius 2 is 2.17 bits per heavy atom. The maximum Gasteiger partial charge on any atom is 0.322 e. The highest BCUT2D eigenvalue weighted by atomic mass is 32.2. The lowest BCUT2D eigenvalue weighted by atomic mass is 10.2. The first-order valence-electron chi connectivity index (χ1n) is 5.93. The summed E-state index contributed by atoms with van der Waals surface area (Å²) in [5.74, 6) is 0. The maximum absolute atomic E-state index is 12.0. The molecule has 3 N–H and O–H groups in total. The second-order valence-corrected chi connectivity index (χ2v) is 5.09. The number of urea groups is 1. The third-order valence-corrected chi connectivity index (χ3v) is 3.76. The number of nitrogens with two attached hydrogens (primary N) is 1. The number of rotatable bonds is 4. The van der Waals surface area contributed by atoms with E-state index >= 15 is 0 Å². The van der Waals surface area contributed by atoms with E-state index in [1.165, 1.54) is 0 Å². The second-order valence-electron chi connectivity index (χ2n) is 4.00. The molecule has 18 heavy (non-hydrogen) atoms. The van der Waals surface area contributed by atoms with Crippen molar-refractivity contribution in [2.45, 2.75) is 18.3 Å². The molecule has 1 aromatic carbocycles. The van der Waals surface area contributed by atoms with Gasteiger partial charge in [-0.15, -0.1) is 11.8 Å². The van der Waals surface area contributed by atoms with Crippen molar-refractivity contribution in [3.8, 4) is 0 Å². The first-order valence-corrected chi connectivity index (χ1v) is 6.88. The highest BCUT2D eigenvalue weighted by Gasteiger charge is 2.24. The van der Waals surface area contributed by atoms with Crippen molar-refractivity contribution >= 4 is 17.8 Å². The summed E-state index contributed by atoms with van der Waals surface area (Å²) in [6, 6.07) is 9.80. The monoisotopic (exact) mass is 263 g/mol. The fourth-order valence-electron chi connectivity index (χ4n) is 1.77. The molecule has 0 fully saturated rings. The molecule has 96 valence electrons. The third-order valence-electron chi connectivity index (χ3n) is 2.70. The fraction of sp³-hybridized carbons (Fsp3) is 0.308. The number of amides is 2. The molecule has 2 rings (SSSR count). The molecule has 0 aromatic heterocycles. The standard InChI is InChI=1S/C13H17N3OS/c14-7-6-12-16(8-9-18-12)13(17)15-10-11-4-2-1-3-5-11/h1-5,8-9,12H,6-7,10,14H2,(H,15,17). The Balaban J connectivity index is 1.86. The number of nitrogens with one attached hydrogen (secondary N) is 1. The smallest absolute Gasteiger partial charge is 0.322 e. The van der Waals surface area contributed by atoms with Gasteiger partial charge in [-0.3, -0.25) is 4.90 Å². The summed E-state index contributed by atoms with van der Waals surface area (Å²) in [5, 5.41) is 4.97. The molecule has 0 spiro atoms. The lowest BCUT2D eigenvalue weighted by Gasteiger charge is -2.22. The molecule has 0 saturated carbocycles. The number of nitrogens with zero attached hydrogens (tertiary/aromatic N) is 1. The van der Waals surface area contributed by atoms with Gasteiger partial charge in [0.1, 0.15) is 0 Å². The Labute approximate surface area is 111 Å². The second kappa shape index (κ2) is 6.47. The van der Waals surface area contributed by atoms with Crippen LogP contribution >= 0.6 is 11.8 Å². The normalized spacial score (nSPS) is 18.1. The molecule has 0 aliphatic carbocycles. The van der Waals surface area contributed by atoms with Crippen LogP contribution in [0.2, 0.25) is 0 Å². The van der Waals surface area contributed by atoms with Crippen molar-refractivity contribution < 1.29 is 4.79 Å². The van der Waals surface area contributed by atoms with E-state index in [0.717, 1.165) is 12.0 Å². The molecule has 0 radical (unpaired) electrons. The maximum atomic E-state index is 12.0. The third kappa shape index (κ3) is 3.27. The lowest BCUT2D eigenvalue weighted by molar-refractivity contribution is 0.212. The molecule has 1 unspecified atom stereocenters. The zero-order chi connectivity index (χ0) is 12.8. The van der Waals surface area contributed by atoms with Gasteiger partial charge in [-0.1, -0.05) is 30.3 Å². The van der Waals surface area contributed by atoms with Gasteiger partial charge in [0.25, 0.3) is 0 Å². The molecule has 1 aliphatic heterocycles. The van der Waals surface area contributed by atoms with Crippen molar-refractivity contribution in [2.75, 3.05) is 6.54 Å². The van der Waals surface area contributed by atoms with Crippen molar-refractivity contribution in [3.63, 3.8) is 0 Å². The topological polar surface area (TPSA) is 58.4 Å². The Bertz CT molecular complexity index is 422. The first kappa shape index (κ1) is 13.0. The summed E-state index contributed by atoms with van der Waals surface area (Å²) >= 11 is 1.63. The van der Waals surface area contributed by atoms with Crippen LogP contribution < -0.4 is 11.1 Å². The van der Waals surface area contributed by atoms with Crippen molar-refractivity contribution in [1.82, 2.24) is 10.2 Å². The summed E-state index contributed by atoms with van der Waals surface area (Å²) in [5.41, 5.74) is 6.63. The Kier molecular flexibility index (Phi) is 4.66. The molecule has 1 aromatic rings. The average Bonchev–Trinajstić information content (AvgIpc) is 2.86. The number of thioether (sulfide) groups is 1. The van der Waals surface area contributed by atoms with E-state index in [9.17, 15) is 4.79 Å². The predicted molar refractivity (Wildman–Crippen MR) is 74.7 cm³/mol. The van der Waals surface area contributed by atoms with Crippen LogP contribution in [-0.2, 0) is 6.54 Å². The van der Waals surface area contributed by atoms with Crippen molar-refractivity contribution in [2.24, 2.45) is 5.73 Å². The van der Waals surface area contributed by atoms with Gasteiger partial charge in [0, 0.05) is 12.7 Å². The van der Waals surface area contributed by atoms with E-state index in [-0.39, 0.29) is 11.4 Å². The van der Waals surface area contributed by atoms with Gasteiger partial charge in [0.05, 0.1) is 5.37 Å². The first-order chi connectivity index (χ1) is 8.81. The van der Waals surface area contributed by atoms with Crippen LogP contribution in [0.25, 0.3) is 0 Å². The number of benzene rings is 1. The number of hydrogen-bond donors (Lipinski definition) is 2. The molecule has 1 aliphatic rings. The van der Waals surface area contributed by atoms with Crippen LogP contribution in [0.3, 0.4) is 0 Å². The molecule has 5 heteroatoms. The zero-order valence-corrected chi connectivity index (χ0v) is 10.9. The zero-order valence-electron chi connectivity index (χ0n) is 10.1. The quantitative estimate of drug-likeness (QED) is 0.874. The summed E-state index contributed by atoms with van der Waals surface area (Å²) in [6.45, 7) is 1.13. The molecular formula is C13H17N3OS. The largest absolute Gasteiger partial charge is 0.334 e. The minimum Gasteiger partial charge on any atom is -0.334 e. The van der Waals surface area contributed by atoms with Crippen LogP contribution in [0.5, 0.6) is 0 Å². The van der Waals surface area contributed by atoms with E-state index < -0.39 is 0 Å². The van der Waals surface area contributed by atoms with Crippen LogP contribution in [0.1, 0.15) is 12.0 Å². The van der Waals surface area contributed by atoms with Crippen LogP contribution in [0.15, 0.2) is 41.9 Å². The molecule has 0 bridgehead atoms. The molecular weight excluding hydrogens is 246 g/mol. The summed E-state index contributed by atoms with van der Waals surface area (Å²) in [7, 11) is 0. The minimum atomic E-state index is -0.0708. The molecule has 0 saturated heterocycles. The van der Waals surface area contributed by atoms with E-state index in [4.69, 9.17) is 5.73 Å². The van der Waals surface area contributed by atoms with Crippen LogP contribution in [-0.4, -0.2) is 22.8 Å². The summed E-state index contributed by atoms with van der Waals surface area (Å²) in [4.78, 5) is 13.7. The van der Waals surface area contributed by atoms with Gasteiger partial charge >= 0.3 is 6.03 Å². The molecule has 1 heterocycles. The van der Waals surface area contributed by atoms with Crippen LogP contribution in [0, 0.1) is 0 Å². The van der Waals surface area contributed by atoms with Crippen molar-refractivity contribution in [1.29, 1.82) is 0 Å². The number of hydrogen-bond acceptors (Lipinski definition) is 3. The SMILES string of the molecule is NCCC1SC=CN1C(=O)NCc1ccccc1. The Hall–Kier alpha value is -1.46. The summed E-state index contributed by atoms with van der Waals surface area (Å²) in [6.07, 6.45) is 2.61. The van der Waals surface area contributed by atoms with Gasteiger partial charge in [0.2, 0.25) is 0 Å². The fourth-order valence-corrected chi connectivity index (χ4v) is 2.72. The molecule has 4 nitrogen and oxygen atoms in total. The average molecular weight is 263 g/mol. The Morgan fingerprint density at radius 1 is 1.39 bits per heavy atom. The Morgan fingerprint density at radius 3 is 2.89 bits per heavy atom.